The quantitative estimate of drug-likeness (QED) is 0.654. The van der Waals surface area contributed by atoms with Gasteiger partial charge in [-0.25, -0.2) is 4.68 Å². The molecule has 110 valence electrons. The second-order valence-corrected chi connectivity index (χ2v) is 5.98. The summed E-state index contributed by atoms with van der Waals surface area (Å²) in [5, 5.41) is 14.4. The summed E-state index contributed by atoms with van der Waals surface area (Å²) >= 11 is 7.98. The molecule has 0 radical (unpaired) electrons. The Kier molecular flexibility index (Phi) is 4.34. The number of nitrogens with zero attached hydrogens (tertiary/aromatic N) is 4. The van der Waals surface area contributed by atoms with Crippen molar-refractivity contribution in [2.24, 2.45) is 0 Å². The van der Waals surface area contributed by atoms with Crippen molar-refractivity contribution in [1.29, 1.82) is 0 Å². The Balaban J connectivity index is 1.77. The lowest BCUT2D eigenvalue weighted by Crippen LogP contribution is -2.13. The number of hydrogen-bond acceptors (Lipinski definition) is 4. The maximum absolute atomic E-state index is 12.3. The van der Waals surface area contributed by atoms with Gasteiger partial charge in [0.1, 0.15) is 6.33 Å². The van der Waals surface area contributed by atoms with E-state index in [-0.39, 0.29) is 5.91 Å². The second-order valence-electron chi connectivity index (χ2n) is 4.38. The molecule has 0 aliphatic carbocycles. The van der Waals surface area contributed by atoms with E-state index in [4.69, 9.17) is 11.6 Å². The molecular formula is C14H9ClIN5O. The van der Waals surface area contributed by atoms with Crippen molar-refractivity contribution in [2.45, 2.75) is 0 Å². The molecule has 2 aromatic carbocycles. The number of benzene rings is 2. The Labute approximate surface area is 144 Å². The van der Waals surface area contributed by atoms with Crippen molar-refractivity contribution < 1.29 is 4.79 Å². The Morgan fingerprint density at radius 3 is 2.59 bits per heavy atom. The van der Waals surface area contributed by atoms with Crippen LogP contribution < -0.4 is 5.32 Å². The maximum Gasteiger partial charge on any atom is 0.256 e. The number of aromatic nitrogens is 4. The van der Waals surface area contributed by atoms with Crippen molar-refractivity contribution in [2.75, 3.05) is 5.32 Å². The Hall–Kier alpha value is -2.00. The smallest absolute Gasteiger partial charge is 0.256 e. The summed E-state index contributed by atoms with van der Waals surface area (Å²) in [6, 6.07) is 12.4. The van der Waals surface area contributed by atoms with Gasteiger partial charge < -0.3 is 5.32 Å². The minimum atomic E-state index is -0.184. The molecule has 3 rings (SSSR count). The zero-order valence-electron chi connectivity index (χ0n) is 11.1. The van der Waals surface area contributed by atoms with Crippen LogP contribution in [0.2, 0.25) is 5.02 Å². The van der Waals surface area contributed by atoms with Crippen LogP contribution in [0.3, 0.4) is 0 Å². The van der Waals surface area contributed by atoms with Crippen LogP contribution in [-0.2, 0) is 0 Å². The van der Waals surface area contributed by atoms with E-state index >= 15 is 0 Å². The fraction of sp³-hybridized carbons (Fsp3) is 0. The van der Waals surface area contributed by atoms with Gasteiger partial charge in [-0.2, -0.15) is 0 Å². The first-order chi connectivity index (χ1) is 10.6. The molecule has 6 nitrogen and oxygen atoms in total. The van der Waals surface area contributed by atoms with Gasteiger partial charge in [-0.1, -0.05) is 11.6 Å². The number of amides is 1. The summed E-state index contributed by atoms with van der Waals surface area (Å²) in [4.78, 5) is 12.3. The Bertz CT molecular complexity index is 805. The summed E-state index contributed by atoms with van der Waals surface area (Å²) in [5.74, 6) is -0.184. The first-order valence-corrected chi connectivity index (χ1v) is 7.69. The molecule has 0 unspecified atom stereocenters. The monoisotopic (exact) mass is 425 g/mol. The first kappa shape index (κ1) is 14.9. The number of halogens is 2. The number of nitrogens with one attached hydrogen (secondary N) is 1. The summed E-state index contributed by atoms with van der Waals surface area (Å²) in [7, 11) is 0. The number of tetrazole rings is 1. The highest BCUT2D eigenvalue weighted by molar-refractivity contribution is 14.1. The molecule has 22 heavy (non-hydrogen) atoms. The van der Waals surface area contributed by atoms with Crippen molar-refractivity contribution >= 4 is 45.8 Å². The van der Waals surface area contributed by atoms with E-state index in [1.165, 1.54) is 11.0 Å². The van der Waals surface area contributed by atoms with E-state index in [0.717, 1.165) is 9.26 Å². The van der Waals surface area contributed by atoms with Crippen LogP contribution in [0.15, 0.2) is 48.8 Å². The van der Waals surface area contributed by atoms with E-state index < -0.39 is 0 Å². The molecular weight excluding hydrogens is 417 g/mol. The third-order valence-electron chi connectivity index (χ3n) is 2.91. The van der Waals surface area contributed by atoms with Gasteiger partial charge in [-0.3, -0.25) is 4.79 Å². The minimum Gasteiger partial charge on any atom is -0.322 e. The average molecular weight is 426 g/mol. The van der Waals surface area contributed by atoms with Gasteiger partial charge in [-0.15, -0.1) is 5.10 Å². The number of hydrogen-bond donors (Lipinski definition) is 1. The lowest BCUT2D eigenvalue weighted by atomic mass is 10.2. The molecule has 0 saturated carbocycles. The van der Waals surface area contributed by atoms with Gasteiger partial charge in [0.2, 0.25) is 0 Å². The fourth-order valence-corrected chi connectivity index (χ4v) is 2.97. The van der Waals surface area contributed by atoms with Gasteiger partial charge in [0.25, 0.3) is 5.91 Å². The molecule has 3 aromatic rings. The third-order valence-corrected chi connectivity index (χ3v) is 4.04. The summed E-state index contributed by atoms with van der Waals surface area (Å²) in [6.45, 7) is 0. The van der Waals surface area contributed by atoms with Crippen LogP contribution in [0.25, 0.3) is 5.69 Å². The molecule has 0 aliphatic heterocycles. The van der Waals surface area contributed by atoms with E-state index in [0.29, 0.717) is 16.3 Å². The van der Waals surface area contributed by atoms with Crippen LogP contribution in [-0.4, -0.2) is 26.1 Å². The summed E-state index contributed by atoms with van der Waals surface area (Å²) in [5.41, 5.74) is 2.08. The van der Waals surface area contributed by atoms with Crippen molar-refractivity contribution in [1.82, 2.24) is 20.2 Å². The van der Waals surface area contributed by atoms with Crippen LogP contribution in [0.4, 0.5) is 5.69 Å². The van der Waals surface area contributed by atoms with Gasteiger partial charge in [0, 0.05) is 14.3 Å². The van der Waals surface area contributed by atoms with Gasteiger partial charge in [0.05, 0.1) is 11.3 Å². The number of anilines is 1. The topological polar surface area (TPSA) is 72.7 Å². The molecule has 0 fully saturated rings. The molecule has 1 heterocycles. The number of carbonyl (C=O) groups is 1. The molecule has 0 saturated heterocycles. The first-order valence-electron chi connectivity index (χ1n) is 6.23. The molecule has 0 spiro atoms. The zero-order chi connectivity index (χ0) is 15.5. The van der Waals surface area contributed by atoms with Crippen LogP contribution >= 0.6 is 34.2 Å². The second kappa shape index (κ2) is 6.41. The van der Waals surface area contributed by atoms with Gasteiger partial charge >= 0.3 is 0 Å². The Morgan fingerprint density at radius 2 is 1.95 bits per heavy atom. The standard InChI is InChI=1S/C14H9ClIN5O/c15-9-1-6-12(13(16)7-9)14(22)18-10-2-4-11(5-3-10)21-8-17-19-20-21/h1-8H,(H,18,22). The lowest BCUT2D eigenvalue weighted by molar-refractivity contribution is 0.102. The number of rotatable bonds is 3. The van der Waals surface area contributed by atoms with E-state index in [1.807, 2.05) is 12.1 Å². The molecule has 0 atom stereocenters. The molecule has 1 amide bonds. The molecule has 0 bridgehead atoms. The molecule has 1 aromatic heterocycles. The van der Waals surface area contributed by atoms with E-state index in [1.54, 1.807) is 30.3 Å². The van der Waals surface area contributed by atoms with Crippen molar-refractivity contribution in [3.63, 3.8) is 0 Å². The van der Waals surface area contributed by atoms with Gasteiger partial charge in [-0.05, 0) is 75.5 Å². The third kappa shape index (κ3) is 3.25. The van der Waals surface area contributed by atoms with E-state index in [2.05, 4.69) is 43.4 Å². The predicted octanol–water partition coefficient (Wildman–Crippen LogP) is 3.17. The summed E-state index contributed by atoms with van der Waals surface area (Å²) in [6.07, 6.45) is 1.50. The molecule has 1 N–H and O–H groups in total. The lowest BCUT2D eigenvalue weighted by Gasteiger charge is -2.08. The highest BCUT2D eigenvalue weighted by Gasteiger charge is 2.10. The fourth-order valence-electron chi connectivity index (χ4n) is 1.85. The highest BCUT2D eigenvalue weighted by Crippen LogP contribution is 2.20. The summed E-state index contributed by atoms with van der Waals surface area (Å²) < 4.78 is 2.33. The maximum atomic E-state index is 12.3. The predicted molar refractivity (Wildman–Crippen MR) is 91.3 cm³/mol. The minimum absolute atomic E-state index is 0.184. The van der Waals surface area contributed by atoms with Crippen LogP contribution in [0, 0.1) is 3.57 Å². The van der Waals surface area contributed by atoms with Crippen LogP contribution in [0.5, 0.6) is 0 Å². The molecule has 8 heteroatoms. The SMILES string of the molecule is O=C(Nc1ccc(-n2cnnn2)cc1)c1ccc(Cl)cc1I. The number of carbonyl (C=O) groups excluding carboxylic acids is 1. The Morgan fingerprint density at radius 1 is 1.18 bits per heavy atom. The largest absolute Gasteiger partial charge is 0.322 e. The normalized spacial score (nSPS) is 10.5. The van der Waals surface area contributed by atoms with Crippen molar-refractivity contribution in [3.05, 3.63) is 62.9 Å². The van der Waals surface area contributed by atoms with Crippen molar-refractivity contribution in [3.8, 4) is 5.69 Å². The van der Waals surface area contributed by atoms with Crippen LogP contribution in [0.1, 0.15) is 10.4 Å². The van der Waals surface area contributed by atoms with E-state index in [9.17, 15) is 4.79 Å². The zero-order valence-corrected chi connectivity index (χ0v) is 14.0. The molecule has 0 aliphatic rings. The highest BCUT2D eigenvalue weighted by atomic mass is 127. The van der Waals surface area contributed by atoms with Gasteiger partial charge in [0.15, 0.2) is 0 Å². The average Bonchev–Trinajstić information content (AvgIpc) is 3.02.